The first-order valence-electron chi connectivity index (χ1n) is 4.88. The van der Waals surface area contributed by atoms with E-state index >= 15 is 0 Å². The molecule has 0 saturated carbocycles. The van der Waals surface area contributed by atoms with Gasteiger partial charge >= 0.3 is 0 Å². The smallest absolute Gasteiger partial charge is 0.122 e. The lowest BCUT2D eigenvalue weighted by Crippen LogP contribution is -1.96. The molecular formula is C12H16O3. The van der Waals surface area contributed by atoms with Crippen LogP contribution in [0.5, 0.6) is 11.5 Å². The van der Waals surface area contributed by atoms with Gasteiger partial charge in [-0.1, -0.05) is 0 Å². The van der Waals surface area contributed by atoms with E-state index < -0.39 is 0 Å². The molecule has 0 aromatic heterocycles. The number of carbonyl (C=O) groups excluding carboxylic acids is 1. The van der Waals surface area contributed by atoms with Gasteiger partial charge in [-0.2, -0.15) is 0 Å². The lowest BCUT2D eigenvalue weighted by Gasteiger charge is -2.12. The first kappa shape index (κ1) is 11.6. The predicted molar refractivity (Wildman–Crippen MR) is 58.7 cm³/mol. The summed E-state index contributed by atoms with van der Waals surface area (Å²) in [5.41, 5.74) is 2.04. The van der Waals surface area contributed by atoms with Gasteiger partial charge in [-0.15, -0.1) is 0 Å². The molecule has 0 amide bonds. The summed E-state index contributed by atoms with van der Waals surface area (Å²) in [4.78, 5) is 10.3. The van der Waals surface area contributed by atoms with Gasteiger partial charge in [-0.05, 0) is 36.6 Å². The van der Waals surface area contributed by atoms with Gasteiger partial charge in [0.1, 0.15) is 17.8 Å². The molecule has 0 fully saturated rings. The molecule has 0 radical (unpaired) electrons. The number of aldehydes is 1. The fourth-order valence-electron chi connectivity index (χ4n) is 1.52. The summed E-state index contributed by atoms with van der Waals surface area (Å²) in [6.07, 6.45) is 2.09. The topological polar surface area (TPSA) is 35.5 Å². The third kappa shape index (κ3) is 2.72. The minimum Gasteiger partial charge on any atom is -0.496 e. The van der Waals surface area contributed by atoms with Crippen molar-refractivity contribution in [2.45, 2.75) is 19.8 Å². The monoisotopic (exact) mass is 208 g/mol. The van der Waals surface area contributed by atoms with Crippen molar-refractivity contribution in [2.75, 3.05) is 14.2 Å². The Labute approximate surface area is 90.0 Å². The number of rotatable bonds is 5. The van der Waals surface area contributed by atoms with Crippen molar-refractivity contribution < 1.29 is 14.3 Å². The van der Waals surface area contributed by atoms with Crippen molar-refractivity contribution in [1.29, 1.82) is 0 Å². The highest BCUT2D eigenvalue weighted by atomic mass is 16.5. The second-order valence-corrected chi connectivity index (χ2v) is 3.34. The average molecular weight is 208 g/mol. The fraction of sp³-hybridized carbons (Fsp3) is 0.417. The average Bonchev–Trinajstić information content (AvgIpc) is 2.26. The molecule has 1 aromatic carbocycles. The van der Waals surface area contributed by atoms with Crippen LogP contribution in [0.4, 0.5) is 0 Å². The predicted octanol–water partition coefficient (Wildman–Crippen LogP) is 2.14. The molecule has 0 N–H and O–H groups in total. The number of hydrogen-bond donors (Lipinski definition) is 0. The lowest BCUT2D eigenvalue weighted by atomic mass is 10.1. The summed E-state index contributed by atoms with van der Waals surface area (Å²) in [6.45, 7) is 1.96. The van der Waals surface area contributed by atoms with Crippen LogP contribution in [0.2, 0.25) is 0 Å². The van der Waals surface area contributed by atoms with Crippen molar-refractivity contribution >= 4 is 6.29 Å². The summed E-state index contributed by atoms with van der Waals surface area (Å²) in [7, 11) is 3.27. The standard InChI is InChI=1S/C12H16O3/c1-9-7-12(15-3)10(5-4-6-13)8-11(9)14-2/h6-8H,4-5H2,1-3H3. The first-order chi connectivity index (χ1) is 7.22. The van der Waals surface area contributed by atoms with Crippen molar-refractivity contribution in [3.05, 3.63) is 23.3 Å². The summed E-state index contributed by atoms with van der Waals surface area (Å²) < 4.78 is 10.5. The number of carbonyl (C=O) groups is 1. The quantitative estimate of drug-likeness (QED) is 0.695. The highest BCUT2D eigenvalue weighted by Crippen LogP contribution is 2.28. The Morgan fingerprint density at radius 2 is 1.87 bits per heavy atom. The molecular weight excluding hydrogens is 192 g/mol. The summed E-state index contributed by atoms with van der Waals surface area (Å²) in [5, 5.41) is 0. The Balaban J connectivity index is 3.04. The van der Waals surface area contributed by atoms with E-state index in [0.717, 1.165) is 28.9 Å². The highest BCUT2D eigenvalue weighted by Gasteiger charge is 2.07. The molecule has 1 rings (SSSR count). The number of aryl methyl sites for hydroxylation is 2. The van der Waals surface area contributed by atoms with E-state index in [1.54, 1.807) is 14.2 Å². The van der Waals surface area contributed by atoms with E-state index in [9.17, 15) is 4.79 Å². The van der Waals surface area contributed by atoms with E-state index in [1.165, 1.54) is 0 Å². The molecule has 0 spiro atoms. The van der Waals surface area contributed by atoms with Crippen LogP contribution in [-0.4, -0.2) is 20.5 Å². The van der Waals surface area contributed by atoms with E-state index in [2.05, 4.69) is 0 Å². The van der Waals surface area contributed by atoms with Gasteiger partial charge in [-0.3, -0.25) is 0 Å². The third-order valence-corrected chi connectivity index (χ3v) is 2.33. The van der Waals surface area contributed by atoms with E-state index in [4.69, 9.17) is 9.47 Å². The van der Waals surface area contributed by atoms with Gasteiger partial charge in [-0.25, -0.2) is 0 Å². The normalized spacial score (nSPS) is 9.80. The molecule has 15 heavy (non-hydrogen) atoms. The van der Waals surface area contributed by atoms with Gasteiger partial charge in [0.05, 0.1) is 14.2 Å². The van der Waals surface area contributed by atoms with Gasteiger partial charge in [0.25, 0.3) is 0 Å². The van der Waals surface area contributed by atoms with Gasteiger partial charge in [0, 0.05) is 6.42 Å². The Bertz CT molecular complexity index is 345. The maximum absolute atomic E-state index is 10.3. The minimum atomic E-state index is 0.503. The molecule has 0 unspecified atom stereocenters. The number of hydrogen-bond acceptors (Lipinski definition) is 3. The van der Waals surface area contributed by atoms with Gasteiger partial charge < -0.3 is 14.3 Å². The molecule has 0 aliphatic carbocycles. The van der Waals surface area contributed by atoms with Crippen molar-refractivity contribution in [3.8, 4) is 11.5 Å². The second-order valence-electron chi connectivity index (χ2n) is 3.34. The van der Waals surface area contributed by atoms with Crippen LogP contribution in [-0.2, 0) is 11.2 Å². The lowest BCUT2D eigenvalue weighted by molar-refractivity contribution is -0.107. The van der Waals surface area contributed by atoms with Crippen molar-refractivity contribution in [1.82, 2.24) is 0 Å². The van der Waals surface area contributed by atoms with Crippen LogP contribution < -0.4 is 9.47 Å². The minimum absolute atomic E-state index is 0.503. The first-order valence-corrected chi connectivity index (χ1v) is 4.88. The zero-order chi connectivity index (χ0) is 11.3. The van der Waals surface area contributed by atoms with Crippen LogP contribution in [0.1, 0.15) is 17.5 Å². The maximum Gasteiger partial charge on any atom is 0.122 e. The second kappa shape index (κ2) is 5.39. The summed E-state index contributed by atoms with van der Waals surface area (Å²) in [6, 6.07) is 3.86. The van der Waals surface area contributed by atoms with Gasteiger partial charge in [0.2, 0.25) is 0 Å². The Kier molecular flexibility index (Phi) is 4.16. The number of methoxy groups -OCH3 is 2. The van der Waals surface area contributed by atoms with Crippen LogP contribution in [0.25, 0.3) is 0 Å². The summed E-state index contributed by atoms with van der Waals surface area (Å²) in [5.74, 6) is 1.65. The third-order valence-electron chi connectivity index (χ3n) is 2.33. The SMILES string of the molecule is COc1cc(CCC=O)c(OC)cc1C. The number of ether oxygens (including phenoxy) is 2. The molecule has 1 aromatic rings. The van der Waals surface area contributed by atoms with E-state index in [0.29, 0.717) is 12.8 Å². The van der Waals surface area contributed by atoms with Crippen LogP contribution in [0.15, 0.2) is 12.1 Å². The fourth-order valence-corrected chi connectivity index (χ4v) is 1.52. The van der Waals surface area contributed by atoms with Crippen molar-refractivity contribution in [3.63, 3.8) is 0 Å². The van der Waals surface area contributed by atoms with E-state index in [-0.39, 0.29) is 0 Å². The van der Waals surface area contributed by atoms with Crippen LogP contribution >= 0.6 is 0 Å². The molecule has 0 heterocycles. The van der Waals surface area contributed by atoms with E-state index in [1.807, 2.05) is 19.1 Å². The molecule has 0 atom stereocenters. The maximum atomic E-state index is 10.3. The Morgan fingerprint density at radius 3 is 2.40 bits per heavy atom. The molecule has 82 valence electrons. The molecule has 0 aliphatic rings. The Hall–Kier alpha value is -1.51. The molecule has 0 bridgehead atoms. The van der Waals surface area contributed by atoms with Crippen molar-refractivity contribution in [2.24, 2.45) is 0 Å². The highest BCUT2D eigenvalue weighted by molar-refractivity contribution is 5.52. The zero-order valence-corrected chi connectivity index (χ0v) is 9.37. The summed E-state index contributed by atoms with van der Waals surface area (Å²) >= 11 is 0. The largest absolute Gasteiger partial charge is 0.496 e. The molecule has 0 aliphatic heterocycles. The Morgan fingerprint density at radius 1 is 1.20 bits per heavy atom. The molecule has 0 saturated heterocycles. The number of benzene rings is 1. The molecule has 3 nitrogen and oxygen atoms in total. The zero-order valence-electron chi connectivity index (χ0n) is 9.37. The van der Waals surface area contributed by atoms with Crippen LogP contribution in [0.3, 0.4) is 0 Å². The molecule has 3 heteroatoms. The van der Waals surface area contributed by atoms with Gasteiger partial charge in [0.15, 0.2) is 0 Å². The van der Waals surface area contributed by atoms with Crippen LogP contribution in [0, 0.1) is 6.92 Å².